The molecule has 3 N–H and O–H groups in total. The van der Waals surface area contributed by atoms with Gasteiger partial charge in [0.2, 0.25) is 5.91 Å². The van der Waals surface area contributed by atoms with E-state index in [0.29, 0.717) is 36.5 Å². The first-order valence-electron chi connectivity index (χ1n) is 7.42. The van der Waals surface area contributed by atoms with Crippen LogP contribution >= 0.6 is 0 Å². The van der Waals surface area contributed by atoms with Crippen LogP contribution < -0.4 is 11.1 Å². The number of nitrogens with one attached hydrogen (secondary N) is 1. The van der Waals surface area contributed by atoms with Gasteiger partial charge in [0.15, 0.2) is 0 Å². The molecule has 118 valence electrons. The third-order valence-corrected chi connectivity index (χ3v) is 3.32. The van der Waals surface area contributed by atoms with Crippen LogP contribution in [0.3, 0.4) is 0 Å². The summed E-state index contributed by atoms with van der Waals surface area (Å²) in [5.41, 5.74) is 6.04. The molecular formula is C17H21FN2O2. The standard InChI is InChI=1S/C17H21FN2O2/c1-12(19)10-11-20-17(21)9-7-13-6-8-16(22-13)14-4-2-3-5-15(14)18/h2-6,8,12H,7,9-11,19H2,1H3,(H,20,21). The van der Waals surface area contributed by atoms with E-state index in [4.69, 9.17) is 10.2 Å². The first-order chi connectivity index (χ1) is 10.6. The molecule has 4 nitrogen and oxygen atoms in total. The molecular weight excluding hydrogens is 283 g/mol. The van der Waals surface area contributed by atoms with Gasteiger partial charge in [-0.3, -0.25) is 4.79 Å². The second-order valence-corrected chi connectivity index (χ2v) is 5.36. The van der Waals surface area contributed by atoms with Crippen LogP contribution in [0.4, 0.5) is 4.39 Å². The van der Waals surface area contributed by atoms with Gasteiger partial charge in [-0.15, -0.1) is 0 Å². The predicted molar refractivity (Wildman–Crippen MR) is 83.7 cm³/mol. The fourth-order valence-corrected chi connectivity index (χ4v) is 2.08. The Hall–Kier alpha value is -2.14. The van der Waals surface area contributed by atoms with E-state index in [1.807, 2.05) is 6.92 Å². The van der Waals surface area contributed by atoms with E-state index < -0.39 is 0 Å². The number of furan rings is 1. The van der Waals surface area contributed by atoms with E-state index in [1.165, 1.54) is 6.07 Å². The molecule has 0 aliphatic heterocycles. The number of aryl methyl sites for hydroxylation is 1. The van der Waals surface area contributed by atoms with Crippen molar-refractivity contribution in [3.8, 4) is 11.3 Å². The third kappa shape index (κ3) is 4.70. The van der Waals surface area contributed by atoms with Crippen molar-refractivity contribution in [1.29, 1.82) is 0 Å². The van der Waals surface area contributed by atoms with Gasteiger partial charge in [-0.2, -0.15) is 0 Å². The number of nitrogens with two attached hydrogens (primary N) is 1. The summed E-state index contributed by atoms with van der Waals surface area (Å²) in [6, 6.07) is 10.0. The zero-order valence-corrected chi connectivity index (χ0v) is 12.6. The lowest BCUT2D eigenvalue weighted by Crippen LogP contribution is -2.29. The summed E-state index contributed by atoms with van der Waals surface area (Å²) in [6.45, 7) is 2.48. The number of amides is 1. The molecule has 0 aliphatic carbocycles. The third-order valence-electron chi connectivity index (χ3n) is 3.32. The van der Waals surface area contributed by atoms with Crippen LogP contribution in [-0.2, 0) is 11.2 Å². The van der Waals surface area contributed by atoms with Crippen LogP contribution in [0, 0.1) is 5.82 Å². The average molecular weight is 304 g/mol. The number of rotatable bonds is 7. The molecule has 0 fully saturated rings. The lowest BCUT2D eigenvalue weighted by Gasteiger charge is -2.06. The van der Waals surface area contributed by atoms with Crippen molar-refractivity contribution in [2.75, 3.05) is 6.54 Å². The Bertz CT molecular complexity index is 623. The molecule has 22 heavy (non-hydrogen) atoms. The van der Waals surface area contributed by atoms with Gasteiger partial charge in [0.1, 0.15) is 17.3 Å². The summed E-state index contributed by atoms with van der Waals surface area (Å²) in [4.78, 5) is 11.7. The largest absolute Gasteiger partial charge is 0.461 e. The zero-order chi connectivity index (χ0) is 15.9. The Balaban J connectivity index is 1.85. The van der Waals surface area contributed by atoms with Crippen molar-refractivity contribution in [3.63, 3.8) is 0 Å². The van der Waals surface area contributed by atoms with E-state index >= 15 is 0 Å². The minimum absolute atomic E-state index is 0.0375. The Kier molecular flexibility index (Phi) is 5.72. The molecule has 1 aromatic heterocycles. The monoisotopic (exact) mass is 304 g/mol. The smallest absolute Gasteiger partial charge is 0.220 e. The van der Waals surface area contributed by atoms with Crippen molar-refractivity contribution in [3.05, 3.63) is 48.0 Å². The summed E-state index contributed by atoms with van der Waals surface area (Å²) < 4.78 is 19.3. The molecule has 0 radical (unpaired) electrons. The molecule has 0 spiro atoms. The first kappa shape index (κ1) is 16.2. The molecule has 2 rings (SSSR count). The molecule has 2 aromatic rings. The maximum absolute atomic E-state index is 13.7. The van der Waals surface area contributed by atoms with Gasteiger partial charge in [-0.1, -0.05) is 12.1 Å². The molecule has 0 bridgehead atoms. The zero-order valence-electron chi connectivity index (χ0n) is 12.6. The number of hydrogen-bond acceptors (Lipinski definition) is 3. The van der Waals surface area contributed by atoms with E-state index in [2.05, 4.69) is 5.32 Å². The second kappa shape index (κ2) is 7.75. The van der Waals surface area contributed by atoms with Crippen LogP contribution in [0.25, 0.3) is 11.3 Å². The fourth-order valence-electron chi connectivity index (χ4n) is 2.08. The molecule has 1 unspecified atom stereocenters. The van der Waals surface area contributed by atoms with Gasteiger partial charge in [0, 0.05) is 25.4 Å². The van der Waals surface area contributed by atoms with E-state index in [-0.39, 0.29) is 17.8 Å². The summed E-state index contributed by atoms with van der Waals surface area (Å²) in [7, 11) is 0. The lowest BCUT2D eigenvalue weighted by atomic mass is 10.1. The van der Waals surface area contributed by atoms with Crippen molar-refractivity contribution >= 4 is 5.91 Å². The van der Waals surface area contributed by atoms with Crippen molar-refractivity contribution < 1.29 is 13.6 Å². The molecule has 1 heterocycles. The molecule has 1 atom stereocenters. The molecule has 1 amide bonds. The highest BCUT2D eigenvalue weighted by atomic mass is 19.1. The van der Waals surface area contributed by atoms with Crippen LogP contribution in [0.5, 0.6) is 0 Å². The SMILES string of the molecule is CC(N)CCNC(=O)CCc1ccc(-c2ccccc2F)o1. The highest BCUT2D eigenvalue weighted by molar-refractivity contribution is 5.76. The van der Waals surface area contributed by atoms with Crippen LogP contribution in [0.2, 0.25) is 0 Å². The molecule has 0 aliphatic rings. The summed E-state index contributed by atoms with van der Waals surface area (Å²) >= 11 is 0. The number of carbonyl (C=O) groups is 1. The first-order valence-corrected chi connectivity index (χ1v) is 7.42. The Morgan fingerprint density at radius 1 is 1.32 bits per heavy atom. The number of benzene rings is 1. The normalized spacial score (nSPS) is 12.1. The predicted octanol–water partition coefficient (Wildman–Crippen LogP) is 2.87. The van der Waals surface area contributed by atoms with Gasteiger partial charge in [-0.05, 0) is 37.6 Å². The molecule has 0 saturated heterocycles. The van der Waals surface area contributed by atoms with Gasteiger partial charge in [0.05, 0.1) is 5.56 Å². The molecule has 0 saturated carbocycles. The van der Waals surface area contributed by atoms with Gasteiger partial charge >= 0.3 is 0 Å². The summed E-state index contributed by atoms with van der Waals surface area (Å²) in [6.07, 6.45) is 1.57. The minimum atomic E-state index is -0.322. The van der Waals surface area contributed by atoms with Gasteiger partial charge in [0.25, 0.3) is 0 Å². The Morgan fingerprint density at radius 3 is 2.82 bits per heavy atom. The van der Waals surface area contributed by atoms with Gasteiger partial charge in [-0.25, -0.2) is 4.39 Å². The van der Waals surface area contributed by atoms with Crippen molar-refractivity contribution in [1.82, 2.24) is 5.32 Å². The number of hydrogen-bond donors (Lipinski definition) is 2. The summed E-state index contributed by atoms with van der Waals surface area (Å²) in [5, 5.41) is 2.81. The average Bonchev–Trinajstić information content (AvgIpc) is 2.94. The maximum Gasteiger partial charge on any atom is 0.220 e. The van der Waals surface area contributed by atoms with Crippen molar-refractivity contribution in [2.24, 2.45) is 5.73 Å². The van der Waals surface area contributed by atoms with Crippen LogP contribution in [-0.4, -0.2) is 18.5 Å². The molecule has 1 aromatic carbocycles. The van der Waals surface area contributed by atoms with Crippen molar-refractivity contribution in [2.45, 2.75) is 32.2 Å². The highest BCUT2D eigenvalue weighted by Crippen LogP contribution is 2.25. The summed E-state index contributed by atoms with van der Waals surface area (Å²) in [5.74, 6) is 0.785. The van der Waals surface area contributed by atoms with Crippen LogP contribution in [0.15, 0.2) is 40.8 Å². The Morgan fingerprint density at radius 2 is 2.09 bits per heavy atom. The van der Waals surface area contributed by atoms with E-state index in [1.54, 1.807) is 30.3 Å². The van der Waals surface area contributed by atoms with E-state index in [9.17, 15) is 9.18 Å². The quantitative estimate of drug-likeness (QED) is 0.826. The Labute approximate surface area is 129 Å². The number of halogens is 1. The second-order valence-electron chi connectivity index (χ2n) is 5.36. The minimum Gasteiger partial charge on any atom is -0.461 e. The molecule has 5 heteroatoms. The van der Waals surface area contributed by atoms with Crippen LogP contribution in [0.1, 0.15) is 25.5 Å². The lowest BCUT2D eigenvalue weighted by molar-refractivity contribution is -0.121. The fraction of sp³-hybridized carbons (Fsp3) is 0.353. The topological polar surface area (TPSA) is 68.3 Å². The van der Waals surface area contributed by atoms with E-state index in [0.717, 1.165) is 6.42 Å². The number of carbonyl (C=O) groups excluding carboxylic acids is 1. The highest BCUT2D eigenvalue weighted by Gasteiger charge is 2.10. The maximum atomic E-state index is 13.7. The van der Waals surface area contributed by atoms with Gasteiger partial charge < -0.3 is 15.5 Å².